The molecule has 1 unspecified atom stereocenters. The predicted molar refractivity (Wildman–Crippen MR) is 90.7 cm³/mol. The Morgan fingerprint density at radius 1 is 1.29 bits per heavy atom. The molecule has 0 fully saturated rings. The number of carbonyl (C=O) groups excluding carboxylic acids is 2. The minimum absolute atomic E-state index is 0.202. The fraction of sp³-hybridized carbons (Fsp3) is 0.0667. The molecule has 0 aliphatic heterocycles. The minimum Gasteiger partial charge on any atom is -0.444 e. The van der Waals surface area contributed by atoms with E-state index in [1.165, 1.54) is 28.4 Å². The Bertz CT molecular complexity index is 861. The largest absolute Gasteiger partial charge is 0.444 e. The Balaban J connectivity index is 1.79. The van der Waals surface area contributed by atoms with E-state index in [9.17, 15) is 9.59 Å². The van der Waals surface area contributed by atoms with Crippen molar-refractivity contribution in [3.8, 4) is 5.13 Å². The quantitative estimate of drug-likeness (QED) is 0.655. The molecule has 9 heteroatoms. The third-order valence-corrected chi connectivity index (χ3v) is 4.38. The normalized spacial score (nSPS) is 11.9. The number of nitrogens with two attached hydrogens (primary N) is 1. The maximum atomic E-state index is 12.3. The molecule has 7 nitrogen and oxygen atoms in total. The second-order valence-corrected chi connectivity index (χ2v) is 6.52. The third-order valence-electron chi connectivity index (χ3n) is 3.09. The number of benzene rings is 1. The van der Waals surface area contributed by atoms with Gasteiger partial charge in [0.15, 0.2) is 0 Å². The van der Waals surface area contributed by atoms with E-state index < -0.39 is 18.0 Å². The molecule has 0 aliphatic carbocycles. The maximum Gasteiger partial charge on any atom is 0.342 e. The fourth-order valence-corrected chi connectivity index (χ4v) is 2.80. The highest BCUT2D eigenvalue weighted by molar-refractivity contribution is 9.10. The molecule has 1 amide bonds. The lowest BCUT2D eigenvalue weighted by Crippen LogP contribution is -2.26. The number of aromatic nitrogens is 3. The van der Waals surface area contributed by atoms with Crippen LogP contribution in [0.4, 0.5) is 0 Å². The number of ether oxygens (including phenoxy) is 1. The summed E-state index contributed by atoms with van der Waals surface area (Å²) in [5.74, 6) is -1.44. The van der Waals surface area contributed by atoms with Crippen LogP contribution in [0.25, 0.3) is 5.13 Å². The van der Waals surface area contributed by atoms with E-state index in [0.717, 1.165) is 4.47 Å². The van der Waals surface area contributed by atoms with Crippen molar-refractivity contribution in [2.24, 2.45) is 5.73 Å². The Morgan fingerprint density at radius 3 is 2.67 bits per heavy atom. The number of thiazole rings is 1. The van der Waals surface area contributed by atoms with Crippen molar-refractivity contribution in [1.82, 2.24) is 14.8 Å². The number of halogens is 1. The zero-order valence-electron chi connectivity index (χ0n) is 12.1. The van der Waals surface area contributed by atoms with Crippen molar-refractivity contribution in [2.45, 2.75) is 6.10 Å². The molecule has 0 aliphatic rings. The molecule has 3 rings (SSSR count). The summed E-state index contributed by atoms with van der Waals surface area (Å²) in [6.07, 6.45) is 3.30. The van der Waals surface area contributed by atoms with Gasteiger partial charge in [-0.3, -0.25) is 4.79 Å². The van der Waals surface area contributed by atoms with Gasteiger partial charge in [0.2, 0.25) is 11.2 Å². The number of hydrogen-bond acceptors (Lipinski definition) is 6. The lowest BCUT2D eigenvalue weighted by atomic mass is 10.1. The van der Waals surface area contributed by atoms with E-state index in [4.69, 9.17) is 10.5 Å². The second-order valence-electron chi connectivity index (χ2n) is 4.73. The first kappa shape index (κ1) is 16.3. The molecule has 0 bridgehead atoms. The molecule has 0 saturated carbocycles. The average molecular weight is 407 g/mol. The number of rotatable bonds is 5. The minimum atomic E-state index is -1.17. The van der Waals surface area contributed by atoms with Crippen molar-refractivity contribution in [1.29, 1.82) is 0 Å². The molecule has 2 aromatic heterocycles. The SMILES string of the molecule is NC(=O)C(OC(=O)c1cnn(-c2nccs2)c1)c1ccc(Br)cc1. The van der Waals surface area contributed by atoms with Gasteiger partial charge in [-0.2, -0.15) is 5.10 Å². The van der Waals surface area contributed by atoms with Crippen LogP contribution in [0, 0.1) is 0 Å². The molecule has 0 radical (unpaired) electrons. The van der Waals surface area contributed by atoms with Gasteiger partial charge in [-0.25, -0.2) is 14.5 Å². The van der Waals surface area contributed by atoms with Gasteiger partial charge in [0.1, 0.15) is 0 Å². The van der Waals surface area contributed by atoms with Crippen LogP contribution in [-0.2, 0) is 9.53 Å². The molecule has 2 heterocycles. The van der Waals surface area contributed by atoms with Crippen LogP contribution in [0.5, 0.6) is 0 Å². The van der Waals surface area contributed by atoms with Gasteiger partial charge in [0.25, 0.3) is 5.91 Å². The Labute approximate surface area is 149 Å². The molecule has 1 aromatic carbocycles. The van der Waals surface area contributed by atoms with Gasteiger partial charge in [-0.1, -0.05) is 28.1 Å². The summed E-state index contributed by atoms with van der Waals surface area (Å²) in [6, 6.07) is 6.79. The smallest absolute Gasteiger partial charge is 0.342 e. The summed E-state index contributed by atoms with van der Waals surface area (Å²) in [5.41, 5.74) is 6.05. The summed E-state index contributed by atoms with van der Waals surface area (Å²) < 4.78 is 7.55. The van der Waals surface area contributed by atoms with Crippen molar-refractivity contribution in [2.75, 3.05) is 0 Å². The number of carbonyl (C=O) groups is 2. The zero-order chi connectivity index (χ0) is 17.1. The van der Waals surface area contributed by atoms with E-state index in [1.54, 1.807) is 35.8 Å². The van der Waals surface area contributed by atoms with Gasteiger partial charge in [0.05, 0.1) is 11.8 Å². The summed E-state index contributed by atoms with van der Waals surface area (Å²) in [7, 11) is 0. The summed E-state index contributed by atoms with van der Waals surface area (Å²) >= 11 is 4.68. The Hall–Kier alpha value is -2.52. The molecule has 122 valence electrons. The summed E-state index contributed by atoms with van der Waals surface area (Å²) in [6.45, 7) is 0. The molecule has 1 atom stereocenters. The average Bonchev–Trinajstić information content (AvgIpc) is 3.24. The lowest BCUT2D eigenvalue weighted by Gasteiger charge is -2.14. The van der Waals surface area contributed by atoms with Crippen molar-refractivity contribution < 1.29 is 14.3 Å². The Morgan fingerprint density at radius 2 is 2.04 bits per heavy atom. The first-order chi connectivity index (χ1) is 11.5. The highest BCUT2D eigenvalue weighted by Gasteiger charge is 2.24. The van der Waals surface area contributed by atoms with E-state index in [0.29, 0.717) is 10.7 Å². The standard InChI is InChI=1S/C15H11BrN4O3S/c16-11-3-1-9(2-4-11)12(13(17)21)23-14(22)10-7-19-20(8-10)15-18-5-6-24-15/h1-8,12H,(H2,17,21). The first-order valence-electron chi connectivity index (χ1n) is 6.75. The van der Waals surface area contributed by atoms with E-state index in [2.05, 4.69) is 26.0 Å². The van der Waals surface area contributed by atoms with Crippen molar-refractivity contribution in [3.05, 3.63) is 63.8 Å². The highest BCUT2D eigenvalue weighted by atomic mass is 79.9. The zero-order valence-corrected chi connectivity index (χ0v) is 14.5. The Kier molecular flexibility index (Phi) is 4.72. The first-order valence-corrected chi connectivity index (χ1v) is 8.42. The predicted octanol–water partition coefficient (Wildman–Crippen LogP) is 2.47. The van der Waals surface area contributed by atoms with Gasteiger partial charge in [-0.05, 0) is 12.1 Å². The van der Waals surface area contributed by atoms with Crippen LogP contribution in [-0.4, -0.2) is 26.6 Å². The molecule has 24 heavy (non-hydrogen) atoms. The number of amides is 1. The van der Waals surface area contributed by atoms with E-state index in [1.807, 2.05) is 0 Å². The van der Waals surface area contributed by atoms with Crippen LogP contribution < -0.4 is 5.73 Å². The number of hydrogen-bond donors (Lipinski definition) is 1. The van der Waals surface area contributed by atoms with Crippen LogP contribution in [0.15, 0.2) is 52.7 Å². The van der Waals surface area contributed by atoms with E-state index in [-0.39, 0.29) is 5.56 Å². The fourth-order valence-electron chi connectivity index (χ4n) is 1.96. The highest BCUT2D eigenvalue weighted by Crippen LogP contribution is 2.21. The van der Waals surface area contributed by atoms with Gasteiger partial charge >= 0.3 is 5.97 Å². The summed E-state index contributed by atoms with van der Waals surface area (Å²) in [4.78, 5) is 28.0. The molecule has 2 N–H and O–H groups in total. The van der Waals surface area contributed by atoms with Crippen molar-refractivity contribution in [3.63, 3.8) is 0 Å². The maximum absolute atomic E-state index is 12.3. The van der Waals surface area contributed by atoms with Crippen LogP contribution >= 0.6 is 27.3 Å². The molecular weight excluding hydrogens is 396 g/mol. The molecule has 3 aromatic rings. The monoisotopic (exact) mass is 406 g/mol. The second kappa shape index (κ2) is 6.93. The molecule has 0 saturated heterocycles. The van der Waals surface area contributed by atoms with Crippen LogP contribution in [0.3, 0.4) is 0 Å². The van der Waals surface area contributed by atoms with Crippen LogP contribution in [0.2, 0.25) is 0 Å². The topological polar surface area (TPSA) is 100 Å². The van der Waals surface area contributed by atoms with Gasteiger partial charge in [0, 0.05) is 27.8 Å². The number of primary amides is 1. The van der Waals surface area contributed by atoms with E-state index >= 15 is 0 Å². The third kappa shape index (κ3) is 3.52. The van der Waals surface area contributed by atoms with Crippen molar-refractivity contribution >= 4 is 39.1 Å². The number of esters is 1. The lowest BCUT2D eigenvalue weighted by molar-refractivity contribution is -0.127. The number of nitrogens with zero attached hydrogens (tertiary/aromatic N) is 3. The summed E-state index contributed by atoms with van der Waals surface area (Å²) in [5, 5.41) is 6.47. The van der Waals surface area contributed by atoms with Gasteiger partial charge < -0.3 is 10.5 Å². The van der Waals surface area contributed by atoms with Crippen LogP contribution in [0.1, 0.15) is 22.0 Å². The molecule has 0 spiro atoms. The molecular formula is C15H11BrN4O3S. The van der Waals surface area contributed by atoms with Gasteiger partial charge in [-0.15, -0.1) is 11.3 Å².